The summed E-state index contributed by atoms with van der Waals surface area (Å²) in [5, 5.41) is 11.2. The van der Waals surface area contributed by atoms with E-state index < -0.39 is 0 Å². The maximum absolute atomic E-state index is 5.24. The molecule has 18 heavy (non-hydrogen) atoms. The first-order valence-corrected chi connectivity index (χ1v) is 6.15. The van der Waals surface area contributed by atoms with E-state index in [-0.39, 0.29) is 0 Å². The summed E-state index contributed by atoms with van der Waals surface area (Å²) in [6.45, 7) is 2.66. The van der Waals surface area contributed by atoms with Gasteiger partial charge in [-0.25, -0.2) is 0 Å². The number of hydrogen-bond donors (Lipinski definition) is 2. The number of aryl methyl sites for hydroxylation is 2. The average molecular weight is 260 g/mol. The van der Waals surface area contributed by atoms with Gasteiger partial charge in [0.25, 0.3) is 0 Å². The number of nitrogens with zero attached hydrogens (tertiary/aromatic N) is 2. The third-order valence-electron chi connectivity index (χ3n) is 2.56. The largest absolute Gasteiger partial charge is 0.358 e. The lowest BCUT2D eigenvalue weighted by Crippen LogP contribution is -2.27. The summed E-state index contributed by atoms with van der Waals surface area (Å²) in [7, 11) is 1.89. The average Bonchev–Trinajstić information content (AvgIpc) is 2.67. The SMILES string of the molecule is Cc1nn(C)cc1NC(=S)NCc1ccccc1. The first-order chi connectivity index (χ1) is 8.65. The van der Waals surface area contributed by atoms with E-state index in [0.717, 1.165) is 11.4 Å². The van der Waals surface area contributed by atoms with Crippen LogP contribution < -0.4 is 10.6 Å². The zero-order valence-electron chi connectivity index (χ0n) is 10.5. The van der Waals surface area contributed by atoms with Crippen LogP contribution >= 0.6 is 12.2 Å². The zero-order chi connectivity index (χ0) is 13.0. The van der Waals surface area contributed by atoms with Crippen LogP contribution in [0.1, 0.15) is 11.3 Å². The van der Waals surface area contributed by atoms with Crippen LogP contribution in [0.2, 0.25) is 0 Å². The highest BCUT2D eigenvalue weighted by atomic mass is 32.1. The Morgan fingerprint density at radius 1 is 1.33 bits per heavy atom. The lowest BCUT2D eigenvalue weighted by molar-refractivity contribution is 0.756. The van der Waals surface area contributed by atoms with Gasteiger partial charge >= 0.3 is 0 Å². The predicted molar refractivity (Wildman–Crippen MR) is 77.4 cm³/mol. The van der Waals surface area contributed by atoms with E-state index in [1.54, 1.807) is 4.68 Å². The van der Waals surface area contributed by atoms with E-state index in [2.05, 4.69) is 27.9 Å². The molecule has 1 aromatic heterocycles. The molecule has 0 atom stereocenters. The molecule has 0 aliphatic rings. The molecule has 5 heteroatoms. The van der Waals surface area contributed by atoms with Gasteiger partial charge in [0.05, 0.1) is 11.4 Å². The van der Waals surface area contributed by atoms with Crippen molar-refractivity contribution in [1.82, 2.24) is 15.1 Å². The van der Waals surface area contributed by atoms with Gasteiger partial charge in [-0.1, -0.05) is 30.3 Å². The molecule has 0 amide bonds. The number of rotatable bonds is 3. The van der Waals surface area contributed by atoms with Crippen LogP contribution in [0.4, 0.5) is 5.69 Å². The van der Waals surface area contributed by atoms with Crippen LogP contribution in [0.5, 0.6) is 0 Å². The molecule has 0 radical (unpaired) electrons. The van der Waals surface area contributed by atoms with Crippen LogP contribution in [0.3, 0.4) is 0 Å². The molecule has 1 aromatic carbocycles. The Hall–Kier alpha value is -1.88. The van der Waals surface area contributed by atoms with E-state index in [1.807, 2.05) is 38.4 Å². The quantitative estimate of drug-likeness (QED) is 0.830. The highest BCUT2D eigenvalue weighted by Crippen LogP contribution is 2.10. The first kappa shape index (κ1) is 12.6. The Balaban J connectivity index is 1.88. The highest BCUT2D eigenvalue weighted by Gasteiger charge is 2.04. The zero-order valence-corrected chi connectivity index (χ0v) is 11.3. The van der Waals surface area contributed by atoms with Gasteiger partial charge in [0.15, 0.2) is 5.11 Å². The predicted octanol–water partition coefficient (Wildman–Crippen LogP) is 2.22. The van der Waals surface area contributed by atoms with Crippen LogP contribution in [-0.4, -0.2) is 14.9 Å². The summed E-state index contributed by atoms with van der Waals surface area (Å²) in [4.78, 5) is 0. The van der Waals surface area contributed by atoms with E-state index in [1.165, 1.54) is 5.56 Å². The molecule has 0 unspecified atom stereocenters. The second kappa shape index (κ2) is 5.64. The summed E-state index contributed by atoms with van der Waals surface area (Å²) in [6, 6.07) is 10.1. The summed E-state index contributed by atoms with van der Waals surface area (Å²) < 4.78 is 1.76. The smallest absolute Gasteiger partial charge is 0.171 e. The van der Waals surface area contributed by atoms with Crippen molar-refractivity contribution >= 4 is 23.0 Å². The molecule has 0 saturated heterocycles. The number of nitrogens with one attached hydrogen (secondary N) is 2. The molecular weight excluding hydrogens is 244 g/mol. The fourth-order valence-corrected chi connectivity index (χ4v) is 1.85. The van der Waals surface area contributed by atoms with Gasteiger partial charge in [0.2, 0.25) is 0 Å². The summed E-state index contributed by atoms with van der Waals surface area (Å²) in [5.41, 5.74) is 3.06. The number of aromatic nitrogens is 2. The normalized spacial score (nSPS) is 10.1. The Morgan fingerprint density at radius 3 is 2.67 bits per heavy atom. The van der Waals surface area contributed by atoms with E-state index in [4.69, 9.17) is 12.2 Å². The van der Waals surface area contributed by atoms with Gasteiger partial charge in [0, 0.05) is 19.8 Å². The minimum atomic E-state index is 0.606. The van der Waals surface area contributed by atoms with Crippen molar-refractivity contribution in [3.05, 3.63) is 47.8 Å². The molecule has 2 N–H and O–H groups in total. The van der Waals surface area contributed by atoms with Crippen molar-refractivity contribution in [2.24, 2.45) is 7.05 Å². The second-order valence-electron chi connectivity index (χ2n) is 4.10. The fourth-order valence-electron chi connectivity index (χ4n) is 1.67. The standard InChI is InChI=1S/C13H16N4S/c1-10-12(9-17(2)16-10)15-13(18)14-8-11-6-4-3-5-7-11/h3-7,9H,8H2,1-2H3,(H2,14,15,18). The van der Waals surface area contributed by atoms with E-state index >= 15 is 0 Å². The Bertz CT molecular complexity index is 533. The summed E-state index contributed by atoms with van der Waals surface area (Å²) >= 11 is 5.24. The van der Waals surface area contributed by atoms with Crippen molar-refractivity contribution < 1.29 is 0 Å². The second-order valence-corrected chi connectivity index (χ2v) is 4.50. The maximum atomic E-state index is 5.24. The Labute approximate surface area is 112 Å². The number of thiocarbonyl (C=S) groups is 1. The maximum Gasteiger partial charge on any atom is 0.171 e. The molecule has 2 aromatic rings. The lowest BCUT2D eigenvalue weighted by atomic mass is 10.2. The summed E-state index contributed by atoms with van der Waals surface area (Å²) in [6.07, 6.45) is 1.91. The molecule has 94 valence electrons. The van der Waals surface area contributed by atoms with Crippen LogP contribution in [-0.2, 0) is 13.6 Å². The highest BCUT2D eigenvalue weighted by molar-refractivity contribution is 7.80. The number of hydrogen-bond acceptors (Lipinski definition) is 2. The van der Waals surface area contributed by atoms with Gasteiger partial charge in [-0.2, -0.15) is 5.10 Å². The number of benzene rings is 1. The van der Waals surface area contributed by atoms with Crippen LogP contribution in [0.25, 0.3) is 0 Å². The van der Waals surface area contributed by atoms with Gasteiger partial charge < -0.3 is 10.6 Å². The Morgan fingerprint density at radius 2 is 2.06 bits per heavy atom. The van der Waals surface area contributed by atoms with Gasteiger partial charge in [0.1, 0.15) is 0 Å². The molecule has 0 saturated carbocycles. The molecule has 1 heterocycles. The number of anilines is 1. The fraction of sp³-hybridized carbons (Fsp3) is 0.231. The van der Waals surface area contributed by atoms with Gasteiger partial charge in [-0.05, 0) is 24.7 Å². The molecule has 0 spiro atoms. The van der Waals surface area contributed by atoms with Crippen molar-refractivity contribution in [2.75, 3.05) is 5.32 Å². The Kier molecular flexibility index (Phi) is 3.94. The van der Waals surface area contributed by atoms with Crippen molar-refractivity contribution in [1.29, 1.82) is 0 Å². The monoisotopic (exact) mass is 260 g/mol. The molecule has 4 nitrogen and oxygen atoms in total. The van der Waals surface area contributed by atoms with Gasteiger partial charge in [-0.15, -0.1) is 0 Å². The van der Waals surface area contributed by atoms with Crippen molar-refractivity contribution in [3.63, 3.8) is 0 Å². The van der Waals surface area contributed by atoms with E-state index in [9.17, 15) is 0 Å². The van der Waals surface area contributed by atoms with Crippen LogP contribution in [0, 0.1) is 6.92 Å². The third kappa shape index (κ3) is 3.30. The van der Waals surface area contributed by atoms with Crippen molar-refractivity contribution in [3.8, 4) is 0 Å². The molecule has 2 rings (SSSR count). The minimum absolute atomic E-state index is 0.606. The van der Waals surface area contributed by atoms with Crippen molar-refractivity contribution in [2.45, 2.75) is 13.5 Å². The molecule has 0 fully saturated rings. The molecule has 0 aliphatic heterocycles. The molecular formula is C13H16N4S. The molecule has 0 aliphatic carbocycles. The third-order valence-corrected chi connectivity index (χ3v) is 2.80. The molecule has 0 bridgehead atoms. The van der Waals surface area contributed by atoms with Gasteiger partial charge in [-0.3, -0.25) is 4.68 Å². The van der Waals surface area contributed by atoms with E-state index in [0.29, 0.717) is 11.7 Å². The van der Waals surface area contributed by atoms with Crippen LogP contribution in [0.15, 0.2) is 36.5 Å². The summed E-state index contributed by atoms with van der Waals surface area (Å²) in [5.74, 6) is 0. The minimum Gasteiger partial charge on any atom is -0.358 e. The topological polar surface area (TPSA) is 41.9 Å². The lowest BCUT2D eigenvalue weighted by Gasteiger charge is -2.09. The first-order valence-electron chi connectivity index (χ1n) is 5.74.